The van der Waals surface area contributed by atoms with E-state index in [4.69, 9.17) is 33.0 Å². The van der Waals surface area contributed by atoms with E-state index in [2.05, 4.69) is 10.3 Å². The van der Waals surface area contributed by atoms with Gasteiger partial charge in [-0.2, -0.15) is 9.37 Å². The molecule has 1 aromatic carbocycles. The number of nitrogens with zero attached hydrogens (tertiary/aromatic N) is 1. The van der Waals surface area contributed by atoms with Gasteiger partial charge >= 0.3 is 5.97 Å². The van der Waals surface area contributed by atoms with Gasteiger partial charge in [-0.3, -0.25) is 0 Å². The first-order chi connectivity index (χ1) is 12.6. The van der Waals surface area contributed by atoms with Crippen LogP contribution in [0.1, 0.15) is 38.7 Å². The molecule has 27 heavy (non-hydrogen) atoms. The maximum atomic E-state index is 14.1. The van der Waals surface area contributed by atoms with Crippen LogP contribution in [0.25, 0.3) is 0 Å². The monoisotopic (exact) mass is 416 g/mol. The Balaban J connectivity index is 2.45. The Morgan fingerprint density at radius 1 is 1.33 bits per heavy atom. The summed E-state index contributed by atoms with van der Waals surface area (Å²) in [4.78, 5) is 14.8. The van der Waals surface area contributed by atoms with Crippen molar-refractivity contribution in [1.29, 1.82) is 0 Å². The Morgan fingerprint density at radius 2 is 2.00 bits per heavy atom. The van der Waals surface area contributed by atoms with Crippen molar-refractivity contribution in [3.05, 3.63) is 39.8 Å². The van der Waals surface area contributed by atoms with Gasteiger partial charge in [0.25, 0.3) is 0 Å². The highest BCUT2D eigenvalue weighted by Gasteiger charge is 2.24. The zero-order valence-electron chi connectivity index (χ0n) is 14.9. The molecule has 0 aliphatic rings. The standard InChI is InChI=1S/C18H19Cl2FN2O4/c1-4-11(18(25)26)22-17-14(20)15(13(19)16(21)23-17)27-9-5-6-12(24)10(7-9)8(2)3/h5-8,11,24H,4H2,1-3H3,(H,22,23)(H,25,26)/t11-/m1/s1. The number of carbonyl (C=O) groups is 1. The Bertz CT molecular complexity index is 862. The van der Waals surface area contributed by atoms with Gasteiger partial charge in [0.15, 0.2) is 11.6 Å². The molecule has 0 bridgehead atoms. The fraction of sp³-hybridized carbons (Fsp3) is 0.333. The van der Waals surface area contributed by atoms with E-state index in [0.717, 1.165) is 0 Å². The molecule has 2 aromatic rings. The van der Waals surface area contributed by atoms with Crippen LogP contribution in [0.3, 0.4) is 0 Å². The molecule has 0 amide bonds. The number of anilines is 1. The highest BCUT2D eigenvalue weighted by Crippen LogP contribution is 2.42. The fourth-order valence-corrected chi connectivity index (χ4v) is 2.81. The van der Waals surface area contributed by atoms with E-state index >= 15 is 0 Å². The summed E-state index contributed by atoms with van der Waals surface area (Å²) in [6, 6.07) is 3.50. The molecule has 2 rings (SSSR count). The van der Waals surface area contributed by atoms with E-state index in [1.807, 2.05) is 13.8 Å². The molecule has 0 saturated carbocycles. The predicted octanol–water partition coefficient (Wildman–Crippen LogP) is 5.42. The molecule has 3 N–H and O–H groups in total. The SMILES string of the molecule is CC[C@@H](Nc1nc(F)c(Cl)c(Oc2ccc(O)c(C(C)C)c2)c1Cl)C(=O)O. The number of halogens is 3. The number of phenolic OH excluding ortho intramolecular Hbond substituents is 1. The van der Waals surface area contributed by atoms with Crippen LogP contribution in [-0.2, 0) is 4.79 Å². The van der Waals surface area contributed by atoms with E-state index in [1.54, 1.807) is 13.0 Å². The summed E-state index contributed by atoms with van der Waals surface area (Å²) >= 11 is 12.2. The van der Waals surface area contributed by atoms with Crippen molar-refractivity contribution in [3.8, 4) is 17.2 Å². The second kappa shape index (κ2) is 8.63. The number of benzene rings is 1. The van der Waals surface area contributed by atoms with Gasteiger partial charge < -0.3 is 20.3 Å². The van der Waals surface area contributed by atoms with E-state index in [9.17, 15) is 14.3 Å². The third kappa shape index (κ3) is 4.73. The molecule has 1 atom stereocenters. The molecule has 0 unspecified atom stereocenters. The number of carboxylic acids is 1. The molecule has 1 heterocycles. The van der Waals surface area contributed by atoms with Gasteiger partial charge in [-0.25, -0.2) is 4.79 Å². The average Bonchev–Trinajstić information content (AvgIpc) is 2.61. The summed E-state index contributed by atoms with van der Waals surface area (Å²) in [6.07, 6.45) is 0.226. The lowest BCUT2D eigenvalue weighted by atomic mass is 10.0. The lowest BCUT2D eigenvalue weighted by Gasteiger charge is -2.18. The van der Waals surface area contributed by atoms with Gasteiger partial charge in [-0.1, -0.05) is 44.0 Å². The van der Waals surface area contributed by atoms with Gasteiger partial charge in [0.05, 0.1) is 0 Å². The van der Waals surface area contributed by atoms with Crippen LogP contribution >= 0.6 is 23.2 Å². The van der Waals surface area contributed by atoms with Crippen LogP contribution in [0.5, 0.6) is 17.2 Å². The Hall–Kier alpha value is -2.25. The first kappa shape index (κ1) is 21.1. The Morgan fingerprint density at radius 3 is 2.56 bits per heavy atom. The number of aromatic hydroxyl groups is 1. The number of phenols is 1. The van der Waals surface area contributed by atoms with Crippen molar-refractivity contribution >= 4 is 35.0 Å². The number of hydrogen-bond donors (Lipinski definition) is 3. The summed E-state index contributed by atoms with van der Waals surface area (Å²) in [5.74, 6) is -2.17. The lowest BCUT2D eigenvalue weighted by molar-refractivity contribution is -0.137. The minimum Gasteiger partial charge on any atom is -0.508 e. The smallest absolute Gasteiger partial charge is 0.326 e. The van der Waals surface area contributed by atoms with E-state index < -0.39 is 23.0 Å². The molecule has 0 radical (unpaired) electrons. The third-order valence-electron chi connectivity index (χ3n) is 3.86. The summed E-state index contributed by atoms with van der Waals surface area (Å²) in [7, 11) is 0. The number of aliphatic carboxylic acids is 1. The highest BCUT2D eigenvalue weighted by atomic mass is 35.5. The topological polar surface area (TPSA) is 91.7 Å². The molecule has 9 heteroatoms. The quantitative estimate of drug-likeness (QED) is 0.521. The van der Waals surface area contributed by atoms with Crippen LogP contribution in [0.4, 0.5) is 10.2 Å². The number of aromatic nitrogens is 1. The molecular formula is C18H19Cl2FN2O4. The van der Waals surface area contributed by atoms with Crippen LogP contribution in [0, 0.1) is 5.95 Å². The number of pyridine rings is 1. The van der Waals surface area contributed by atoms with Crippen molar-refractivity contribution in [3.63, 3.8) is 0 Å². The number of ether oxygens (including phenoxy) is 1. The highest BCUT2D eigenvalue weighted by molar-refractivity contribution is 6.38. The van der Waals surface area contributed by atoms with Crippen LogP contribution in [-0.4, -0.2) is 27.2 Å². The van der Waals surface area contributed by atoms with Crippen LogP contribution < -0.4 is 10.1 Å². The lowest BCUT2D eigenvalue weighted by Crippen LogP contribution is -2.29. The zero-order chi connectivity index (χ0) is 20.3. The largest absolute Gasteiger partial charge is 0.508 e. The fourth-order valence-electron chi connectivity index (χ4n) is 2.36. The molecule has 6 nitrogen and oxygen atoms in total. The van der Waals surface area contributed by atoms with Gasteiger partial charge in [-0.15, -0.1) is 0 Å². The van der Waals surface area contributed by atoms with E-state index in [-0.39, 0.29) is 40.4 Å². The summed E-state index contributed by atoms with van der Waals surface area (Å²) in [6.45, 7) is 5.43. The number of nitrogens with one attached hydrogen (secondary N) is 1. The molecule has 0 spiro atoms. The van der Waals surface area contributed by atoms with Gasteiger partial charge in [0, 0.05) is 5.56 Å². The summed E-state index contributed by atoms with van der Waals surface area (Å²) in [5.41, 5.74) is 0.629. The average molecular weight is 417 g/mol. The second-order valence-electron chi connectivity index (χ2n) is 6.13. The normalized spacial score (nSPS) is 12.1. The van der Waals surface area contributed by atoms with Crippen molar-refractivity contribution in [1.82, 2.24) is 4.98 Å². The van der Waals surface area contributed by atoms with Crippen molar-refractivity contribution in [2.75, 3.05) is 5.32 Å². The maximum Gasteiger partial charge on any atom is 0.326 e. The maximum absolute atomic E-state index is 14.1. The molecule has 0 aliphatic carbocycles. The van der Waals surface area contributed by atoms with Crippen LogP contribution in [0.2, 0.25) is 10.0 Å². The minimum atomic E-state index is -1.13. The van der Waals surface area contributed by atoms with E-state index in [1.165, 1.54) is 12.1 Å². The molecule has 1 aromatic heterocycles. The predicted molar refractivity (Wildman–Crippen MR) is 102 cm³/mol. The van der Waals surface area contributed by atoms with Crippen LogP contribution in [0.15, 0.2) is 18.2 Å². The van der Waals surface area contributed by atoms with Gasteiger partial charge in [0.1, 0.15) is 27.6 Å². The van der Waals surface area contributed by atoms with Crippen molar-refractivity contribution in [2.24, 2.45) is 0 Å². The van der Waals surface area contributed by atoms with Crippen molar-refractivity contribution in [2.45, 2.75) is 39.2 Å². The first-order valence-corrected chi connectivity index (χ1v) is 8.95. The number of carboxylic acid groups (broad SMARTS) is 1. The van der Waals surface area contributed by atoms with E-state index in [0.29, 0.717) is 5.56 Å². The second-order valence-corrected chi connectivity index (χ2v) is 6.89. The Kier molecular flexibility index (Phi) is 6.73. The van der Waals surface area contributed by atoms with Crippen molar-refractivity contribution < 1.29 is 24.1 Å². The van der Waals surface area contributed by atoms with Gasteiger partial charge in [-0.05, 0) is 30.5 Å². The Labute approximate surface area is 165 Å². The molecule has 0 saturated heterocycles. The molecular weight excluding hydrogens is 398 g/mol. The summed E-state index contributed by atoms with van der Waals surface area (Å²) < 4.78 is 19.8. The number of rotatable bonds is 7. The minimum absolute atomic E-state index is 0.0202. The molecule has 146 valence electrons. The summed E-state index contributed by atoms with van der Waals surface area (Å²) in [5, 5.41) is 21.0. The molecule has 0 aliphatic heterocycles. The third-order valence-corrected chi connectivity index (χ3v) is 4.53. The van der Waals surface area contributed by atoms with Gasteiger partial charge in [0.2, 0.25) is 5.95 Å². The zero-order valence-corrected chi connectivity index (χ0v) is 16.4. The first-order valence-electron chi connectivity index (χ1n) is 8.20. The number of hydrogen-bond acceptors (Lipinski definition) is 5. The molecule has 0 fully saturated rings.